The van der Waals surface area contributed by atoms with Gasteiger partial charge in [0.15, 0.2) is 17.7 Å². The minimum Gasteiger partial charge on any atom is -0.491 e. The van der Waals surface area contributed by atoms with E-state index in [1.807, 2.05) is 35.7 Å². The molecule has 1 heterocycles. The first-order chi connectivity index (χ1) is 14.6. The molecule has 1 unspecified atom stereocenters. The van der Waals surface area contributed by atoms with Gasteiger partial charge in [0.2, 0.25) is 0 Å². The highest BCUT2D eigenvalue weighted by molar-refractivity contribution is 7.13. The summed E-state index contributed by atoms with van der Waals surface area (Å²) in [5, 5.41) is 12.2. The Morgan fingerprint density at radius 3 is 2.73 bits per heavy atom. The van der Waals surface area contributed by atoms with E-state index in [9.17, 15) is 9.18 Å². The molecule has 0 bridgehead atoms. The zero-order valence-electron chi connectivity index (χ0n) is 16.7. The molecule has 0 aliphatic rings. The molecule has 0 aliphatic carbocycles. The van der Waals surface area contributed by atoms with Crippen LogP contribution < -0.4 is 4.74 Å². The number of aromatic nitrogens is 1. The van der Waals surface area contributed by atoms with Gasteiger partial charge in [0.25, 0.3) is 0 Å². The molecule has 5 nitrogen and oxygen atoms in total. The number of aryl methyl sites for hydroxylation is 1. The number of carboxylic acids is 1. The summed E-state index contributed by atoms with van der Waals surface area (Å²) in [6, 6.07) is 14.5. The van der Waals surface area contributed by atoms with Crippen LogP contribution in [-0.4, -0.2) is 35.4 Å². The van der Waals surface area contributed by atoms with Crippen molar-refractivity contribution in [1.82, 2.24) is 4.98 Å². The number of halogens is 1. The van der Waals surface area contributed by atoms with Crippen LogP contribution in [0.4, 0.5) is 4.39 Å². The summed E-state index contributed by atoms with van der Waals surface area (Å²) >= 11 is 1.61. The van der Waals surface area contributed by atoms with E-state index in [1.165, 1.54) is 12.1 Å². The number of nitrogens with zero attached hydrogens (tertiary/aromatic N) is 1. The maximum Gasteiger partial charge on any atom is 0.333 e. The van der Waals surface area contributed by atoms with Gasteiger partial charge < -0.3 is 14.6 Å². The van der Waals surface area contributed by atoms with Crippen molar-refractivity contribution >= 4 is 17.3 Å². The fourth-order valence-corrected chi connectivity index (χ4v) is 3.85. The van der Waals surface area contributed by atoms with E-state index in [2.05, 4.69) is 4.98 Å². The van der Waals surface area contributed by atoms with Crippen molar-refractivity contribution in [1.29, 1.82) is 0 Å². The van der Waals surface area contributed by atoms with Crippen molar-refractivity contribution in [3.8, 4) is 16.3 Å². The molecule has 0 saturated carbocycles. The quantitative estimate of drug-likeness (QED) is 0.435. The third kappa shape index (κ3) is 6.11. The van der Waals surface area contributed by atoms with Crippen molar-refractivity contribution in [3.63, 3.8) is 0 Å². The van der Waals surface area contributed by atoms with Gasteiger partial charge >= 0.3 is 5.97 Å². The summed E-state index contributed by atoms with van der Waals surface area (Å²) in [6.45, 7) is 2.37. The Balaban J connectivity index is 1.48. The second kappa shape index (κ2) is 10.8. The number of carbonyl (C=O) groups is 1. The number of thiazole rings is 1. The highest BCUT2D eigenvalue weighted by atomic mass is 32.1. The first-order valence-electron chi connectivity index (χ1n) is 9.82. The minimum atomic E-state index is -1.06. The minimum absolute atomic E-state index is 0.105. The Morgan fingerprint density at radius 1 is 1.23 bits per heavy atom. The zero-order valence-corrected chi connectivity index (χ0v) is 17.5. The fraction of sp³-hybridized carbons (Fsp3) is 0.304. The van der Waals surface area contributed by atoms with E-state index in [0.717, 1.165) is 22.7 Å². The van der Waals surface area contributed by atoms with Crippen LogP contribution in [0.15, 0.2) is 53.9 Å². The van der Waals surface area contributed by atoms with Gasteiger partial charge in [-0.25, -0.2) is 14.2 Å². The first kappa shape index (κ1) is 21.9. The molecule has 3 aromatic rings. The summed E-state index contributed by atoms with van der Waals surface area (Å²) < 4.78 is 25.0. The SMILES string of the molecule is CCOC(Cc1ccc(OCCCc2csc(-c3ccccc3)n2)c(F)c1)C(=O)O. The van der Waals surface area contributed by atoms with Crippen LogP contribution >= 0.6 is 11.3 Å². The van der Waals surface area contributed by atoms with Crippen molar-refractivity contribution in [2.45, 2.75) is 32.3 Å². The molecule has 0 amide bonds. The molecule has 2 aromatic carbocycles. The van der Waals surface area contributed by atoms with Crippen molar-refractivity contribution < 1.29 is 23.8 Å². The molecular formula is C23H24FNO4S. The molecule has 1 N–H and O–H groups in total. The highest BCUT2D eigenvalue weighted by Gasteiger charge is 2.18. The van der Waals surface area contributed by atoms with Crippen molar-refractivity contribution in [3.05, 3.63) is 71.0 Å². The standard InChI is InChI=1S/C23H24FNO4S/c1-2-28-21(23(26)27)14-16-10-11-20(19(24)13-16)29-12-6-9-18-15-30-22(25-18)17-7-4-3-5-8-17/h3-5,7-8,10-11,13,15,21H,2,6,9,12,14H2,1H3,(H,26,27). The maximum atomic E-state index is 14.3. The third-order valence-electron chi connectivity index (χ3n) is 4.47. The number of ether oxygens (including phenoxy) is 2. The molecule has 1 aromatic heterocycles. The summed E-state index contributed by atoms with van der Waals surface area (Å²) in [5.74, 6) is -1.41. The second-order valence-corrected chi connectivity index (χ2v) is 7.57. The van der Waals surface area contributed by atoms with Crippen LogP contribution in [-0.2, 0) is 22.4 Å². The molecular weight excluding hydrogens is 405 g/mol. The number of hydrogen-bond donors (Lipinski definition) is 1. The van der Waals surface area contributed by atoms with Crippen LogP contribution in [0.1, 0.15) is 24.6 Å². The molecule has 0 spiro atoms. The van der Waals surface area contributed by atoms with Gasteiger partial charge in [-0.2, -0.15) is 0 Å². The smallest absolute Gasteiger partial charge is 0.333 e. The lowest BCUT2D eigenvalue weighted by Gasteiger charge is -2.13. The summed E-state index contributed by atoms with van der Waals surface area (Å²) in [7, 11) is 0. The molecule has 158 valence electrons. The summed E-state index contributed by atoms with van der Waals surface area (Å²) in [5.41, 5.74) is 2.65. The van der Waals surface area contributed by atoms with E-state index < -0.39 is 17.9 Å². The molecule has 0 fully saturated rings. The Kier molecular flexibility index (Phi) is 7.93. The Labute approximate surface area is 179 Å². The normalized spacial score (nSPS) is 11.9. The molecule has 0 saturated heterocycles. The average Bonchev–Trinajstić information content (AvgIpc) is 3.22. The van der Waals surface area contributed by atoms with Gasteiger partial charge in [-0.15, -0.1) is 11.3 Å². The summed E-state index contributed by atoms with van der Waals surface area (Å²) in [4.78, 5) is 15.8. The third-order valence-corrected chi connectivity index (χ3v) is 5.41. The van der Waals surface area contributed by atoms with Gasteiger partial charge in [0.05, 0.1) is 12.3 Å². The van der Waals surface area contributed by atoms with Crippen LogP contribution in [0, 0.1) is 5.82 Å². The van der Waals surface area contributed by atoms with Crippen molar-refractivity contribution in [2.75, 3.05) is 13.2 Å². The predicted octanol–water partition coefficient (Wildman–Crippen LogP) is 4.99. The first-order valence-corrected chi connectivity index (χ1v) is 10.7. The lowest BCUT2D eigenvalue weighted by atomic mass is 10.1. The van der Waals surface area contributed by atoms with E-state index in [0.29, 0.717) is 18.6 Å². The van der Waals surface area contributed by atoms with E-state index in [-0.39, 0.29) is 18.8 Å². The van der Waals surface area contributed by atoms with Crippen LogP contribution in [0.2, 0.25) is 0 Å². The van der Waals surface area contributed by atoms with E-state index in [4.69, 9.17) is 14.6 Å². The van der Waals surface area contributed by atoms with E-state index >= 15 is 0 Å². The molecule has 0 radical (unpaired) electrons. The average molecular weight is 430 g/mol. The number of carboxylic acid groups (broad SMARTS) is 1. The Morgan fingerprint density at radius 2 is 2.03 bits per heavy atom. The van der Waals surface area contributed by atoms with Gasteiger partial charge in [-0.1, -0.05) is 36.4 Å². The zero-order chi connectivity index (χ0) is 21.3. The highest BCUT2D eigenvalue weighted by Crippen LogP contribution is 2.24. The maximum absolute atomic E-state index is 14.3. The molecule has 1 atom stereocenters. The second-order valence-electron chi connectivity index (χ2n) is 6.71. The van der Waals surface area contributed by atoms with Gasteiger partial charge in [-0.05, 0) is 37.5 Å². The lowest BCUT2D eigenvalue weighted by molar-refractivity contribution is -0.149. The molecule has 30 heavy (non-hydrogen) atoms. The Bertz CT molecular complexity index is 961. The molecule has 0 aliphatic heterocycles. The predicted molar refractivity (Wildman–Crippen MR) is 115 cm³/mol. The van der Waals surface area contributed by atoms with E-state index in [1.54, 1.807) is 24.3 Å². The molecule has 3 rings (SSSR count). The fourth-order valence-electron chi connectivity index (χ4n) is 2.99. The number of aliphatic carboxylic acids is 1. The van der Waals surface area contributed by atoms with Crippen LogP contribution in [0.25, 0.3) is 10.6 Å². The van der Waals surface area contributed by atoms with Gasteiger partial charge in [-0.3, -0.25) is 0 Å². The largest absolute Gasteiger partial charge is 0.491 e. The number of rotatable bonds is 11. The van der Waals surface area contributed by atoms with Crippen LogP contribution in [0.5, 0.6) is 5.75 Å². The van der Waals surface area contributed by atoms with Crippen molar-refractivity contribution in [2.24, 2.45) is 0 Å². The van der Waals surface area contributed by atoms with Gasteiger partial charge in [0.1, 0.15) is 5.01 Å². The number of benzene rings is 2. The summed E-state index contributed by atoms with van der Waals surface area (Å²) in [6.07, 6.45) is 0.580. The monoisotopic (exact) mass is 429 g/mol. The number of hydrogen-bond acceptors (Lipinski definition) is 5. The Hall–Kier alpha value is -2.77. The molecule has 7 heteroatoms. The van der Waals surface area contributed by atoms with Gasteiger partial charge in [0, 0.05) is 24.0 Å². The topological polar surface area (TPSA) is 68.7 Å². The van der Waals surface area contributed by atoms with Crippen LogP contribution in [0.3, 0.4) is 0 Å². The lowest BCUT2D eigenvalue weighted by Crippen LogP contribution is -2.26.